The number of hydrogen-bond acceptors (Lipinski definition) is 13. The van der Waals surface area contributed by atoms with Crippen LogP contribution >= 0.6 is 0 Å². The van der Waals surface area contributed by atoms with E-state index in [0.717, 1.165) is 0 Å². The molecule has 28 heteroatoms. The lowest BCUT2D eigenvalue weighted by atomic mass is 10.00. The SMILES string of the molecule is NC(N)=NCCC[C@H](NC(=O)[C@H](Cc1c[nH]c2ccccc12)NC(=O)[C@H](CCCN=C(N)N)NC(=O)[C@H](Cc1ccc(CS(=O)(=O)O)cc1)NC(=O)[C@H](Cc1ccc(O)cc1)NC(=O)[C@@H](N)CCCN=C(N)N)C(=O)O. The molecule has 6 atom stereocenters. The Labute approximate surface area is 438 Å². The number of nitrogens with zero attached hydrogens (tertiary/aromatic N) is 3. The van der Waals surface area contributed by atoms with Crippen molar-refractivity contribution in [1.29, 1.82) is 0 Å². The number of aromatic hydroxyl groups is 1. The molecule has 0 unspecified atom stereocenters. The molecule has 3 aromatic carbocycles. The lowest BCUT2D eigenvalue weighted by Crippen LogP contribution is -2.60. The summed E-state index contributed by atoms with van der Waals surface area (Å²) >= 11 is 0. The zero-order valence-electron chi connectivity index (χ0n) is 41.6. The highest BCUT2D eigenvalue weighted by atomic mass is 32.2. The second-order valence-electron chi connectivity index (χ2n) is 17.8. The van der Waals surface area contributed by atoms with Gasteiger partial charge in [0, 0.05) is 56.0 Å². The number of aliphatic imine (C=N–C) groups is 3. The third kappa shape index (κ3) is 21.2. The van der Waals surface area contributed by atoms with Crippen LogP contribution in [0.3, 0.4) is 0 Å². The molecule has 0 fully saturated rings. The van der Waals surface area contributed by atoms with Crippen LogP contribution < -0.4 is 66.7 Å². The molecule has 4 rings (SSSR count). The van der Waals surface area contributed by atoms with Crippen molar-refractivity contribution in [2.75, 3.05) is 19.6 Å². The molecule has 5 amide bonds. The normalized spacial score (nSPS) is 13.6. The van der Waals surface area contributed by atoms with Crippen LogP contribution in [0.4, 0.5) is 0 Å². The highest BCUT2D eigenvalue weighted by molar-refractivity contribution is 7.85. The number of aromatic amines is 1. The number of carbonyl (C=O) groups is 6. The van der Waals surface area contributed by atoms with Crippen LogP contribution in [0.25, 0.3) is 10.9 Å². The maximum absolute atomic E-state index is 14.7. The third-order valence-electron chi connectivity index (χ3n) is 11.6. The zero-order valence-corrected chi connectivity index (χ0v) is 42.4. The highest BCUT2D eigenvalue weighted by Gasteiger charge is 2.34. The van der Waals surface area contributed by atoms with E-state index in [4.69, 9.17) is 40.1 Å². The fraction of sp³-hybridized carbons (Fsp3) is 0.396. The molecule has 0 radical (unpaired) electrons. The average molecular weight is 1080 g/mol. The second kappa shape index (κ2) is 29.4. The number of H-pyrrole nitrogens is 1. The first-order valence-corrected chi connectivity index (χ1v) is 25.6. The van der Waals surface area contributed by atoms with E-state index in [2.05, 4.69) is 46.5 Å². The Balaban J connectivity index is 1.72. The lowest BCUT2D eigenvalue weighted by molar-refractivity contribution is -0.142. The number of aromatic nitrogens is 1. The molecule has 1 aromatic heterocycles. The number of rotatable bonds is 31. The highest BCUT2D eigenvalue weighted by Crippen LogP contribution is 2.20. The number of carboxylic acid groups (broad SMARTS) is 1. The summed E-state index contributed by atoms with van der Waals surface area (Å²) in [5.74, 6) is -7.09. The number of benzene rings is 3. The van der Waals surface area contributed by atoms with Crippen molar-refractivity contribution in [3.05, 3.63) is 101 Å². The molecule has 0 aliphatic carbocycles. The van der Waals surface area contributed by atoms with Gasteiger partial charge in [0.15, 0.2) is 17.9 Å². The number of para-hydroxylation sites is 1. The van der Waals surface area contributed by atoms with Gasteiger partial charge in [-0.1, -0.05) is 54.6 Å². The molecule has 76 heavy (non-hydrogen) atoms. The van der Waals surface area contributed by atoms with Crippen molar-refractivity contribution in [3.8, 4) is 5.75 Å². The maximum Gasteiger partial charge on any atom is 0.326 e. The van der Waals surface area contributed by atoms with Crippen LogP contribution in [0.15, 0.2) is 94.0 Å². The van der Waals surface area contributed by atoms with Crippen molar-refractivity contribution in [2.24, 2.45) is 55.1 Å². The van der Waals surface area contributed by atoms with Crippen LogP contribution in [0.5, 0.6) is 5.75 Å². The third-order valence-corrected chi connectivity index (χ3v) is 12.3. The number of hydrogen-bond donors (Lipinski definition) is 16. The quantitative estimate of drug-likeness (QED) is 0.0105. The van der Waals surface area contributed by atoms with E-state index >= 15 is 0 Å². The number of nitrogens with two attached hydrogens (primary N) is 7. The largest absolute Gasteiger partial charge is 0.508 e. The molecule has 0 bridgehead atoms. The van der Waals surface area contributed by atoms with Gasteiger partial charge in [-0.3, -0.25) is 43.5 Å². The minimum absolute atomic E-state index is 0.00742. The van der Waals surface area contributed by atoms with Crippen molar-refractivity contribution in [1.82, 2.24) is 31.6 Å². The number of carbonyl (C=O) groups excluding carboxylic acids is 5. The number of fused-ring (bicyclic) bond motifs is 1. The van der Waals surface area contributed by atoms with E-state index in [9.17, 15) is 52.0 Å². The summed E-state index contributed by atoms with van der Waals surface area (Å²) in [6, 6.07) is 10.2. The van der Waals surface area contributed by atoms with Gasteiger partial charge in [0.2, 0.25) is 29.5 Å². The van der Waals surface area contributed by atoms with E-state index in [1.807, 2.05) is 0 Å². The van der Waals surface area contributed by atoms with E-state index in [0.29, 0.717) is 34.0 Å². The number of carboxylic acids is 1. The molecule has 0 aliphatic heterocycles. The fourth-order valence-corrected chi connectivity index (χ4v) is 8.40. The molecule has 0 spiro atoms. The predicted molar refractivity (Wildman–Crippen MR) is 284 cm³/mol. The van der Waals surface area contributed by atoms with Gasteiger partial charge in [-0.15, -0.1) is 0 Å². The molecule has 27 nitrogen and oxygen atoms in total. The van der Waals surface area contributed by atoms with E-state index in [-0.39, 0.29) is 100 Å². The van der Waals surface area contributed by atoms with Gasteiger partial charge in [-0.25, -0.2) is 4.79 Å². The van der Waals surface area contributed by atoms with Crippen LogP contribution in [0.2, 0.25) is 0 Å². The molecule has 412 valence electrons. The van der Waals surface area contributed by atoms with Crippen molar-refractivity contribution < 1.29 is 52.0 Å². The zero-order chi connectivity index (χ0) is 56.0. The monoisotopic (exact) mass is 1080 g/mol. The Morgan fingerprint density at radius 3 is 1.45 bits per heavy atom. The van der Waals surface area contributed by atoms with Crippen LogP contribution in [0, 0.1) is 0 Å². The Kier molecular flexibility index (Phi) is 23.2. The van der Waals surface area contributed by atoms with Crippen LogP contribution in [-0.2, 0) is 63.9 Å². The van der Waals surface area contributed by atoms with Gasteiger partial charge < -0.3 is 81.9 Å². The predicted octanol–water partition coefficient (Wildman–Crippen LogP) is -2.71. The number of guanidine groups is 3. The number of phenolic OH excluding ortho intramolecular Hbond substituents is 1. The molecule has 0 saturated heterocycles. The van der Waals surface area contributed by atoms with Gasteiger partial charge >= 0.3 is 5.97 Å². The van der Waals surface area contributed by atoms with Crippen molar-refractivity contribution in [3.63, 3.8) is 0 Å². The maximum atomic E-state index is 14.7. The summed E-state index contributed by atoms with van der Waals surface area (Å²) in [4.78, 5) is 98.7. The number of aliphatic carboxylic acids is 1. The summed E-state index contributed by atoms with van der Waals surface area (Å²) in [7, 11) is -4.42. The van der Waals surface area contributed by atoms with Crippen molar-refractivity contribution >= 4 is 74.4 Å². The number of phenols is 1. The first-order chi connectivity index (χ1) is 36.0. The topological polar surface area (TPSA) is 492 Å². The van der Waals surface area contributed by atoms with E-state index in [1.54, 1.807) is 30.5 Å². The number of amides is 5. The standard InChI is InChI=1S/C48H68N16O11S/c49-33(7-3-19-56-46(50)51)40(66)62-37(23-28-15-17-31(65)18-16-28)43(69)63-38(22-27-11-13-29(14-12-27)26-76(73,74)75)42(68)60-35(9-4-20-57-47(52)53)41(67)64-39(24-30-25-59-34-8-2-1-6-32(30)34)44(70)61-36(45(71)72)10-5-21-58-48(54)55/h1-2,6,8,11-18,25,33,35-39,59,65H,3-5,7,9-10,19-24,26,49H2,(H,60,68)(H,61,70)(H,62,66)(H,63,69)(H,64,67)(H,71,72)(H4,50,51,56)(H4,52,53,57)(H4,54,55,58)(H,73,74,75)/t33-,35-,36-,37-,38-,39-/m0/s1. The van der Waals surface area contributed by atoms with Gasteiger partial charge in [-0.2, -0.15) is 8.42 Å². The summed E-state index contributed by atoms with van der Waals surface area (Å²) in [5.41, 5.74) is 41.3. The smallest absolute Gasteiger partial charge is 0.326 e. The molecule has 23 N–H and O–H groups in total. The summed E-state index contributed by atoms with van der Waals surface area (Å²) in [6.45, 7) is 0.240. The average Bonchev–Trinajstić information content (AvgIpc) is 3.76. The summed E-state index contributed by atoms with van der Waals surface area (Å²) in [5, 5.41) is 33.9. The van der Waals surface area contributed by atoms with Gasteiger partial charge in [0.1, 0.15) is 41.7 Å². The fourth-order valence-electron chi connectivity index (χ4n) is 7.79. The lowest BCUT2D eigenvalue weighted by Gasteiger charge is -2.27. The van der Waals surface area contributed by atoms with Gasteiger partial charge in [0.05, 0.1) is 6.04 Å². The molecular formula is C48H68N16O11S. The van der Waals surface area contributed by atoms with E-state index < -0.39 is 87.6 Å². The molecule has 1 heterocycles. The first-order valence-electron chi connectivity index (χ1n) is 24.0. The Bertz CT molecular complexity index is 2810. The van der Waals surface area contributed by atoms with E-state index in [1.165, 1.54) is 48.5 Å². The first kappa shape index (κ1) is 60.1. The molecule has 4 aromatic rings. The molecule has 0 aliphatic rings. The van der Waals surface area contributed by atoms with Crippen LogP contribution in [0.1, 0.15) is 60.8 Å². The molecular weight excluding hydrogens is 1010 g/mol. The second-order valence-corrected chi connectivity index (χ2v) is 19.2. The Morgan fingerprint density at radius 2 is 0.947 bits per heavy atom. The Morgan fingerprint density at radius 1 is 0.539 bits per heavy atom. The number of nitrogens with one attached hydrogen (secondary N) is 6. The van der Waals surface area contributed by atoms with Gasteiger partial charge in [-0.05, 0) is 79.0 Å². The van der Waals surface area contributed by atoms with Gasteiger partial charge in [0.25, 0.3) is 10.1 Å². The summed E-state index contributed by atoms with van der Waals surface area (Å²) in [6.07, 6.45) is 1.49. The van der Waals surface area contributed by atoms with Crippen molar-refractivity contribution in [2.45, 2.75) is 99.8 Å². The Hall–Kier alpha value is -8.50. The minimum atomic E-state index is -4.42. The minimum Gasteiger partial charge on any atom is -0.508 e. The summed E-state index contributed by atoms with van der Waals surface area (Å²) < 4.78 is 32.7. The molecule has 0 saturated carbocycles. The van der Waals surface area contributed by atoms with Crippen LogP contribution in [-0.4, -0.2) is 137 Å².